The summed E-state index contributed by atoms with van der Waals surface area (Å²) in [6.45, 7) is 6.64. The van der Waals surface area contributed by atoms with Crippen molar-refractivity contribution in [1.82, 2.24) is 14.8 Å². The highest BCUT2D eigenvalue weighted by Crippen LogP contribution is 2.36. The van der Waals surface area contributed by atoms with Crippen molar-refractivity contribution in [2.24, 2.45) is 0 Å². The van der Waals surface area contributed by atoms with E-state index in [2.05, 4.69) is 24.0 Å². The van der Waals surface area contributed by atoms with E-state index in [1.165, 1.54) is 6.42 Å². The molecule has 0 N–H and O–H groups in total. The predicted octanol–water partition coefficient (Wildman–Crippen LogP) is 2.82. The first-order valence-corrected chi connectivity index (χ1v) is 8.21. The van der Waals surface area contributed by atoms with Crippen LogP contribution in [-0.4, -0.2) is 59.5 Å². The van der Waals surface area contributed by atoms with Crippen molar-refractivity contribution in [2.75, 3.05) is 27.7 Å². The minimum absolute atomic E-state index is 0.0132. The van der Waals surface area contributed by atoms with Crippen molar-refractivity contribution in [3.63, 3.8) is 0 Å². The molecule has 0 radical (unpaired) electrons. The number of likely N-dealkylation sites (N-methyl/N-ethyl adjacent to an activating group) is 2. The molecule has 1 saturated carbocycles. The number of hydrogen-bond donors (Lipinski definition) is 0. The highest BCUT2D eigenvalue weighted by molar-refractivity contribution is 5.94. The van der Waals surface area contributed by atoms with E-state index in [0.29, 0.717) is 11.4 Å². The minimum atomic E-state index is -0.332. The number of aromatic nitrogens is 1. The zero-order valence-electron chi connectivity index (χ0n) is 15.2. The maximum atomic E-state index is 12.7. The molecular weight excluding hydrogens is 290 g/mol. The summed E-state index contributed by atoms with van der Waals surface area (Å²) in [6.07, 6.45) is 5.16. The van der Waals surface area contributed by atoms with Crippen LogP contribution in [0.4, 0.5) is 0 Å². The molecule has 1 aromatic heterocycles. The number of ether oxygens (including phenoxy) is 1. The molecule has 23 heavy (non-hydrogen) atoms. The van der Waals surface area contributed by atoms with Gasteiger partial charge in [0.25, 0.3) is 5.91 Å². The molecule has 5 nitrogen and oxygen atoms in total. The molecule has 0 atom stereocenters. The molecule has 128 valence electrons. The molecule has 0 bridgehead atoms. The van der Waals surface area contributed by atoms with E-state index < -0.39 is 0 Å². The molecule has 2 rings (SSSR count). The number of nitrogens with zero attached hydrogens (tertiary/aromatic N) is 3. The van der Waals surface area contributed by atoms with E-state index in [-0.39, 0.29) is 17.0 Å². The average Bonchev–Trinajstić information content (AvgIpc) is 2.39. The first-order chi connectivity index (χ1) is 10.6. The highest BCUT2D eigenvalue weighted by atomic mass is 16.5. The normalized spacial score (nSPS) is 16.8. The Labute approximate surface area is 139 Å². The van der Waals surface area contributed by atoms with Gasteiger partial charge in [0.2, 0.25) is 5.88 Å². The molecular formula is C18H29N3O2. The summed E-state index contributed by atoms with van der Waals surface area (Å²) in [5, 5.41) is 0. The fraction of sp³-hybridized carbons (Fsp3) is 0.667. The maximum Gasteiger partial charge on any atom is 0.253 e. The third-order valence-corrected chi connectivity index (χ3v) is 4.50. The standard InChI is InChI=1S/C18H29N3O2/c1-17(2,3)23-15-12-14(8-11-19-15)16(22)21(6)13-18(20(4)5)9-7-10-18/h8,11-12H,7,9-10,13H2,1-6H3. The SMILES string of the molecule is CN(CC1(N(C)C)CCC1)C(=O)c1ccnc(OC(C)(C)C)c1. The van der Waals surface area contributed by atoms with Crippen molar-refractivity contribution in [3.05, 3.63) is 23.9 Å². The third-order valence-electron chi connectivity index (χ3n) is 4.50. The Morgan fingerprint density at radius 2 is 1.96 bits per heavy atom. The van der Waals surface area contributed by atoms with Gasteiger partial charge in [-0.1, -0.05) is 0 Å². The average molecular weight is 319 g/mol. The number of pyridine rings is 1. The molecule has 1 aliphatic rings. The molecule has 1 aromatic rings. The van der Waals surface area contributed by atoms with Crippen LogP contribution in [0.25, 0.3) is 0 Å². The monoisotopic (exact) mass is 319 g/mol. The quantitative estimate of drug-likeness (QED) is 0.837. The van der Waals surface area contributed by atoms with Gasteiger partial charge < -0.3 is 14.5 Å². The van der Waals surface area contributed by atoms with Gasteiger partial charge in [-0.3, -0.25) is 4.79 Å². The molecule has 1 aliphatic carbocycles. The zero-order valence-corrected chi connectivity index (χ0v) is 15.2. The summed E-state index contributed by atoms with van der Waals surface area (Å²) < 4.78 is 5.75. The van der Waals surface area contributed by atoms with Crippen LogP contribution in [0.15, 0.2) is 18.3 Å². The summed E-state index contributed by atoms with van der Waals surface area (Å²) in [6, 6.07) is 3.48. The van der Waals surface area contributed by atoms with Gasteiger partial charge >= 0.3 is 0 Å². The summed E-state index contributed by atoms with van der Waals surface area (Å²) >= 11 is 0. The molecule has 0 unspecified atom stereocenters. The summed E-state index contributed by atoms with van der Waals surface area (Å²) in [5.74, 6) is 0.502. The lowest BCUT2D eigenvalue weighted by Crippen LogP contribution is -2.57. The van der Waals surface area contributed by atoms with Gasteiger partial charge in [-0.25, -0.2) is 4.98 Å². The van der Waals surface area contributed by atoms with Crippen LogP contribution in [-0.2, 0) is 0 Å². The van der Waals surface area contributed by atoms with Gasteiger partial charge in [-0.15, -0.1) is 0 Å². The van der Waals surface area contributed by atoms with Crippen molar-refractivity contribution >= 4 is 5.91 Å². The number of carbonyl (C=O) groups is 1. The van der Waals surface area contributed by atoms with E-state index in [0.717, 1.165) is 19.4 Å². The summed E-state index contributed by atoms with van der Waals surface area (Å²) in [5.41, 5.74) is 0.416. The Morgan fingerprint density at radius 1 is 1.30 bits per heavy atom. The van der Waals surface area contributed by atoms with E-state index >= 15 is 0 Å². The number of amides is 1. The lowest BCUT2D eigenvalue weighted by atomic mass is 9.75. The van der Waals surface area contributed by atoms with Crippen LogP contribution < -0.4 is 4.74 Å². The summed E-state index contributed by atoms with van der Waals surface area (Å²) in [4.78, 5) is 21.0. The van der Waals surface area contributed by atoms with Gasteiger partial charge in [-0.05, 0) is 60.2 Å². The second-order valence-corrected chi connectivity index (χ2v) is 7.73. The minimum Gasteiger partial charge on any atom is -0.472 e. The van der Waals surface area contributed by atoms with Crippen LogP contribution in [0.2, 0.25) is 0 Å². The van der Waals surface area contributed by atoms with E-state index in [4.69, 9.17) is 4.74 Å². The van der Waals surface area contributed by atoms with Crippen LogP contribution in [0.1, 0.15) is 50.4 Å². The molecule has 0 aromatic carbocycles. The van der Waals surface area contributed by atoms with Crippen LogP contribution in [0.5, 0.6) is 5.88 Å². The van der Waals surface area contributed by atoms with Crippen LogP contribution in [0, 0.1) is 0 Å². The number of rotatable bonds is 5. The number of hydrogen-bond acceptors (Lipinski definition) is 4. The van der Waals surface area contributed by atoms with E-state index in [1.54, 1.807) is 18.3 Å². The topological polar surface area (TPSA) is 45.7 Å². The molecule has 1 heterocycles. The predicted molar refractivity (Wildman–Crippen MR) is 91.8 cm³/mol. The largest absolute Gasteiger partial charge is 0.472 e. The van der Waals surface area contributed by atoms with Gasteiger partial charge in [0.15, 0.2) is 0 Å². The van der Waals surface area contributed by atoms with E-state index in [1.807, 2.05) is 32.7 Å². The van der Waals surface area contributed by atoms with Gasteiger partial charge in [0.1, 0.15) is 5.60 Å². The molecule has 0 spiro atoms. The fourth-order valence-electron chi connectivity index (χ4n) is 2.98. The van der Waals surface area contributed by atoms with Crippen molar-refractivity contribution in [2.45, 2.75) is 51.2 Å². The van der Waals surface area contributed by atoms with Crippen molar-refractivity contribution in [1.29, 1.82) is 0 Å². The summed E-state index contributed by atoms with van der Waals surface area (Å²) in [7, 11) is 6.06. The van der Waals surface area contributed by atoms with Gasteiger partial charge in [0.05, 0.1) is 0 Å². The van der Waals surface area contributed by atoms with Gasteiger partial charge in [0, 0.05) is 37.0 Å². The lowest BCUT2D eigenvalue weighted by Gasteiger charge is -2.49. The third kappa shape index (κ3) is 4.22. The number of carbonyl (C=O) groups excluding carboxylic acids is 1. The molecule has 0 saturated heterocycles. The Kier molecular flexibility index (Phi) is 4.99. The second-order valence-electron chi connectivity index (χ2n) is 7.73. The maximum absolute atomic E-state index is 12.7. The van der Waals surface area contributed by atoms with Crippen LogP contribution in [0.3, 0.4) is 0 Å². The first-order valence-electron chi connectivity index (χ1n) is 8.21. The van der Waals surface area contributed by atoms with Crippen molar-refractivity contribution < 1.29 is 9.53 Å². The van der Waals surface area contributed by atoms with Crippen LogP contribution >= 0.6 is 0 Å². The second kappa shape index (κ2) is 6.48. The van der Waals surface area contributed by atoms with Gasteiger partial charge in [-0.2, -0.15) is 0 Å². The molecule has 0 aliphatic heterocycles. The van der Waals surface area contributed by atoms with Crippen molar-refractivity contribution in [3.8, 4) is 5.88 Å². The fourth-order valence-corrected chi connectivity index (χ4v) is 2.98. The molecule has 1 amide bonds. The smallest absolute Gasteiger partial charge is 0.253 e. The Bertz CT molecular complexity index is 560. The molecule has 1 fully saturated rings. The lowest BCUT2D eigenvalue weighted by molar-refractivity contribution is 0.0252. The first kappa shape index (κ1) is 17.7. The van der Waals surface area contributed by atoms with E-state index in [9.17, 15) is 4.79 Å². The Balaban J connectivity index is 2.09. The zero-order chi connectivity index (χ0) is 17.3. The Hall–Kier alpha value is -1.62. The highest BCUT2D eigenvalue weighted by Gasteiger charge is 2.40. The molecule has 5 heteroatoms. The Morgan fingerprint density at radius 3 is 2.43 bits per heavy atom.